The smallest absolute Gasteiger partial charge is 0.264 e. The molecule has 0 atom stereocenters. The van der Waals surface area contributed by atoms with Gasteiger partial charge < -0.3 is 14.8 Å². The third kappa shape index (κ3) is 4.63. The molecule has 170 valence electrons. The van der Waals surface area contributed by atoms with E-state index in [9.17, 15) is 9.59 Å². The van der Waals surface area contributed by atoms with Crippen molar-refractivity contribution in [1.29, 1.82) is 0 Å². The van der Waals surface area contributed by atoms with E-state index >= 15 is 0 Å². The zero-order chi connectivity index (χ0) is 23.0. The first kappa shape index (κ1) is 23.0. The molecule has 1 amide bonds. The largest absolute Gasteiger partial charge is 0.338 e. The molecule has 6 nitrogen and oxygen atoms in total. The van der Waals surface area contributed by atoms with Crippen molar-refractivity contribution < 1.29 is 4.79 Å². The Kier molecular flexibility index (Phi) is 6.74. The SMILES string of the molecule is Cc1ccc(C)c(SCc2nc3sc(C(=O)N4CCC(N(C)C)CC4)c(C)c3c(=O)[nH]2)c1. The van der Waals surface area contributed by atoms with Gasteiger partial charge in [-0.3, -0.25) is 9.59 Å². The Labute approximate surface area is 197 Å². The Bertz CT molecular complexity index is 1210. The van der Waals surface area contributed by atoms with Crippen molar-refractivity contribution in [3.8, 4) is 0 Å². The number of rotatable bonds is 5. The van der Waals surface area contributed by atoms with Gasteiger partial charge in [-0.25, -0.2) is 4.98 Å². The second-order valence-corrected chi connectivity index (χ2v) is 10.8. The van der Waals surface area contributed by atoms with Crippen molar-refractivity contribution in [2.45, 2.75) is 50.3 Å². The summed E-state index contributed by atoms with van der Waals surface area (Å²) in [5.41, 5.74) is 3.00. The van der Waals surface area contributed by atoms with E-state index in [4.69, 9.17) is 4.98 Å². The van der Waals surface area contributed by atoms with Crippen LogP contribution in [0.2, 0.25) is 0 Å². The van der Waals surface area contributed by atoms with E-state index < -0.39 is 0 Å². The van der Waals surface area contributed by atoms with Crippen molar-refractivity contribution in [3.05, 3.63) is 55.9 Å². The van der Waals surface area contributed by atoms with E-state index in [-0.39, 0.29) is 11.5 Å². The lowest BCUT2D eigenvalue weighted by Crippen LogP contribution is -2.44. The third-order valence-electron chi connectivity index (χ3n) is 6.23. The fourth-order valence-electron chi connectivity index (χ4n) is 4.20. The van der Waals surface area contributed by atoms with Crippen LogP contribution >= 0.6 is 23.1 Å². The highest BCUT2D eigenvalue weighted by atomic mass is 32.2. The molecule has 4 rings (SSSR count). The van der Waals surface area contributed by atoms with Gasteiger partial charge in [0.15, 0.2) is 0 Å². The molecule has 0 bridgehead atoms. The monoisotopic (exact) mass is 470 g/mol. The molecule has 0 saturated carbocycles. The van der Waals surface area contributed by atoms with Gasteiger partial charge in [-0.15, -0.1) is 23.1 Å². The second kappa shape index (κ2) is 9.37. The predicted molar refractivity (Wildman–Crippen MR) is 133 cm³/mol. The number of hydrogen-bond acceptors (Lipinski definition) is 6. The molecular formula is C24H30N4O2S2. The summed E-state index contributed by atoms with van der Waals surface area (Å²) in [5.74, 6) is 1.24. The summed E-state index contributed by atoms with van der Waals surface area (Å²) in [6.07, 6.45) is 1.95. The summed E-state index contributed by atoms with van der Waals surface area (Å²) in [6, 6.07) is 6.88. The summed E-state index contributed by atoms with van der Waals surface area (Å²) in [4.78, 5) is 40.3. The van der Waals surface area contributed by atoms with Gasteiger partial charge in [-0.05, 0) is 64.9 Å². The van der Waals surface area contributed by atoms with E-state index in [1.165, 1.54) is 27.4 Å². The number of carbonyl (C=O) groups is 1. The maximum Gasteiger partial charge on any atom is 0.264 e. The second-order valence-electron chi connectivity index (χ2n) is 8.79. The van der Waals surface area contributed by atoms with Crippen LogP contribution in [0, 0.1) is 20.8 Å². The Morgan fingerprint density at radius 2 is 1.97 bits per heavy atom. The lowest BCUT2D eigenvalue weighted by atomic mass is 10.0. The summed E-state index contributed by atoms with van der Waals surface area (Å²) in [6.45, 7) is 7.52. The average molecular weight is 471 g/mol. The molecule has 0 unspecified atom stereocenters. The number of fused-ring (bicyclic) bond motifs is 1. The lowest BCUT2D eigenvalue weighted by Gasteiger charge is -2.35. The van der Waals surface area contributed by atoms with Crippen molar-refractivity contribution in [1.82, 2.24) is 19.8 Å². The van der Waals surface area contributed by atoms with Gasteiger partial charge in [0.05, 0.1) is 16.0 Å². The maximum absolute atomic E-state index is 13.2. The number of nitrogens with one attached hydrogen (secondary N) is 1. The third-order valence-corrected chi connectivity index (χ3v) is 8.58. The zero-order valence-corrected chi connectivity index (χ0v) is 21.0. The minimum absolute atomic E-state index is 0.0217. The van der Waals surface area contributed by atoms with Crippen LogP contribution in [-0.2, 0) is 5.75 Å². The molecular weight excluding hydrogens is 440 g/mol. The van der Waals surface area contributed by atoms with Gasteiger partial charge in [0.2, 0.25) is 0 Å². The summed E-state index contributed by atoms with van der Waals surface area (Å²) < 4.78 is 0. The van der Waals surface area contributed by atoms with Crippen LogP contribution in [0.5, 0.6) is 0 Å². The van der Waals surface area contributed by atoms with Crippen molar-refractivity contribution in [3.63, 3.8) is 0 Å². The Morgan fingerprint density at radius 3 is 2.66 bits per heavy atom. The highest BCUT2D eigenvalue weighted by molar-refractivity contribution is 7.98. The quantitative estimate of drug-likeness (QED) is 0.561. The fraction of sp³-hybridized carbons (Fsp3) is 0.458. The van der Waals surface area contributed by atoms with Crippen LogP contribution in [-0.4, -0.2) is 58.9 Å². The number of thioether (sulfide) groups is 1. The number of H-pyrrole nitrogens is 1. The summed E-state index contributed by atoms with van der Waals surface area (Å²) in [7, 11) is 4.18. The number of amides is 1. The minimum atomic E-state index is -0.161. The first-order valence-electron chi connectivity index (χ1n) is 10.9. The van der Waals surface area contributed by atoms with E-state index in [2.05, 4.69) is 56.0 Å². The van der Waals surface area contributed by atoms with Crippen LogP contribution in [0.3, 0.4) is 0 Å². The molecule has 1 aliphatic rings. The maximum atomic E-state index is 13.2. The topological polar surface area (TPSA) is 69.3 Å². The Hall–Kier alpha value is -2.16. The van der Waals surface area contributed by atoms with Crippen molar-refractivity contribution >= 4 is 39.2 Å². The van der Waals surface area contributed by atoms with Gasteiger partial charge in [0, 0.05) is 24.0 Å². The molecule has 32 heavy (non-hydrogen) atoms. The number of nitrogens with zero attached hydrogens (tertiary/aromatic N) is 3. The standard InChI is InChI=1S/C24H30N4O2S2/c1-14-6-7-15(2)18(12-14)31-13-19-25-22(29)20-16(3)21(32-23(20)26-19)24(30)28-10-8-17(9-11-28)27(4)5/h6-7,12,17H,8-11,13H2,1-5H3,(H,25,26,29). The number of aromatic amines is 1. The van der Waals surface area contributed by atoms with Gasteiger partial charge in [-0.1, -0.05) is 17.7 Å². The predicted octanol–water partition coefficient (Wildman–Crippen LogP) is 4.37. The average Bonchev–Trinajstić information content (AvgIpc) is 3.10. The number of thiophene rings is 1. The van der Waals surface area contributed by atoms with E-state index in [1.807, 2.05) is 11.8 Å². The molecule has 3 aromatic rings. The fourth-order valence-corrected chi connectivity index (χ4v) is 6.36. The number of carbonyl (C=O) groups excluding carboxylic acids is 1. The number of aryl methyl sites for hydroxylation is 3. The molecule has 2 aromatic heterocycles. The molecule has 0 aliphatic carbocycles. The number of hydrogen-bond donors (Lipinski definition) is 1. The summed E-state index contributed by atoms with van der Waals surface area (Å²) in [5, 5.41) is 0.544. The lowest BCUT2D eigenvalue weighted by molar-refractivity contribution is 0.0667. The van der Waals surface area contributed by atoms with Crippen molar-refractivity contribution in [2.24, 2.45) is 0 Å². The normalized spacial score (nSPS) is 15.1. The number of likely N-dealkylation sites (tertiary alicyclic amines) is 1. The molecule has 1 fully saturated rings. The Morgan fingerprint density at radius 1 is 1.25 bits per heavy atom. The molecule has 1 aliphatic heterocycles. The molecule has 8 heteroatoms. The van der Waals surface area contributed by atoms with Gasteiger partial charge in [0.1, 0.15) is 10.7 Å². The minimum Gasteiger partial charge on any atom is -0.338 e. The highest BCUT2D eigenvalue weighted by Crippen LogP contribution is 2.31. The molecule has 1 N–H and O–H groups in total. The van der Waals surface area contributed by atoms with Crippen LogP contribution in [0.4, 0.5) is 0 Å². The summed E-state index contributed by atoms with van der Waals surface area (Å²) >= 11 is 3.01. The van der Waals surface area contributed by atoms with E-state index in [1.54, 1.807) is 11.8 Å². The Balaban J connectivity index is 1.56. The van der Waals surface area contributed by atoms with E-state index in [0.29, 0.717) is 32.7 Å². The van der Waals surface area contributed by atoms with Gasteiger partial charge in [0.25, 0.3) is 11.5 Å². The number of benzene rings is 1. The molecule has 0 radical (unpaired) electrons. The van der Waals surface area contributed by atoms with E-state index in [0.717, 1.165) is 31.5 Å². The molecule has 1 aromatic carbocycles. The highest BCUT2D eigenvalue weighted by Gasteiger charge is 2.28. The van der Waals surface area contributed by atoms with Crippen LogP contribution in [0.1, 0.15) is 45.0 Å². The molecule has 0 spiro atoms. The zero-order valence-electron chi connectivity index (χ0n) is 19.3. The molecule has 3 heterocycles. The van der Waals surface area contributed by atoms with Gasteiger partial charge in [-0.2, -0.15) is 0 Å². The van der Waals surface area contributed by atoms with Crippen LogP contribution < -0.4 is 5.56 Å². The first-order chi connectivity index (χ1) is 15.2. The van der Waals surface area contributed by atoms with Crippen molar-refractivity contribution in [2.75, 3.05) is 27.2 Å². The number of aromatic nitrogens is 2. The van der Waals surface area contributed by atoms with Crippen LogP contribution in [0.15, 0.2) is 27.9 Å². The van der Waals surface area contributed by atoms with Gasteiger partial charge >= 0.3 is 0 Å². The first-order valence-corrected chi connectivity index (χ1v) is 12.7. The number of piperidine rings is 1. The molecule has 1 saturated heterocycles. The van der Waals surface area contributed by atoms with Crippen LogP contribution in [0.25, 0.3) is 10.2 Å².